The fraction of sp³-hybridized carbons (Fsp3) is 0.435. The summed E-state index contributed by atoms with van der Waals surface area (Å²) in [7, 11) is 0. The Morgan fingerprint density at radius 3 is 2.56 bits per heavy atom. The first-order valence-electron chi connectivity index (χ1n) is 9.71. The van der Waals surface area contributed by atoms with Gasteiger partial charge in [0.2, 0.25) is 0 Å². The summed E-state index contributed by atoms with van der Waals surface area (Å²) in [5, 5.41) is 3.31. The first kappa shape index (κ1) is 17.7. The fourth-order valence-corrected chi connectivity index (χ4v) is 4.62. The molecule has 0 saturated heterocycles. The Morgan fingerprint density at radius 2 is 1.78 bits per heavy atom. The van der Waals surface area contributed by atoms with Crippen LogP contribution in [0.3, 0.4) is 0 Å². The highest BCUT2D eigenvalue weighted by Crippen LogP contribution is 2.53. The first-order valence-corrected chi connectivity index (χ1v) is 9.71. The topological polar surface area (TPSA) is 54.9 Å². The highest BCUT2D eigenvalue weighted by atomic mass is 16.2. The largest absolute Gasteiger partial charge is 0.345 e. The number of hydrogen-bond donors (Lipinski definition) is 1. The van der Waals surface area contributed by atoms with Crippen LogP contribution in [0.15, 0.2) is 36.4 Å². The Hall–Kier alpha value is -2.67. The van der Waals surface area contributed by atoms with E-state index in [4.69, 9.17) is 0 Å². The molecule has 2 aromatic heterocycles. The van der Waals surface area contributed by atoms with E-state index in [0.29, 0.717) is 5.69 Å². The van der Waals surface area contributed by atoms with Gasteiger partial charge >= 0.3 is 0 Å². The van der Waals surface area contributed by atoms with Crippen molar-refractivity contribution in [3.8, 4) is 11.8 Å². The molecule has 1 amide bonds. The van der Waals surface area contributed by atoms with Crippen molar-refractivity contribution in [3.05, 3.63) is 59.2 Å². The molecule has 0 spiro atoms. The fourth-order valence-electron chi connectivity index (χ4n) is 4.62. The van der Waals surface area contributed by atoms with Crippen LogP contribution in [0.5, 0.6) is 0 Å². The second-order valence-electron chi connectivity index (χ2n) is 8.12. The monoisotopic (exact) mass is 359 g/mol. The van der Waals surface area contributed by atoms with Crippen molar-refractivity contribution in [3.63, 3.8) is 0 Å². The molecule has 0 aliphatic heterocycles. The van der Waals surface area contributed by atoms with Crippen molar-refractivity contribution >= 4 is 5.91 Å². The molecule has 2 unspecified atom stereocenters. The van der Waals surface area contributed by atoms with Crippen molar-refractivity contribution in [1.29, 1.82) is 0 Å². The third kappa shape index (κ3) is 3.73. The molecule has 0 radical (unpaired) electrons. The first-order chi connectivity index (χ1) is 13.0. The number of nitrogens with one attached hydrogen (secondary N) is 1. The van der Waals surface area contributed by atoms with Crippen LogP contribution in [0.4, 0.5) is 0 Å². The van der Waals surface area contributed by atoms with Gasteiger partial charge in [-0.3, -0.25) is 4.79 Å². The highest BCUT2D eigenvalue weighted by Gasteiger charge is 2.51. The van der Waals surface area contributed by atoms with Crippen molar-refractivity contribution in [1.82, 2.24) is 15.3 Å². The molecule has 2 atom stereocenters. The summed E-state index contributed by atoms with van der Waals surface area (Å²) in [6.07, 6.45) is 6.17. The van der Waals surface area contributed by atoms with Gasteiger partial charge in [-0.25, -0.2) is 9.97 Å². The Labute approximate surface area is 160 Å². The van der Waals surface area contributed by atoms with E-state index in [1.54, 1.807) is 6.07 Å². The maximum Gasteiger partial charge on any atom is 0.270 e. The molecule has 138 valence electrons. The number of rotatable bonds is 2. The van der Waals surface area contributed by atoms with Gasteiger partial charge in [-0.15, -0.1) is 0 Å². The third-order valence-electron chi connectivity index (χ3n) is 5.91. The van der Waals surface area contributed by atoms with Crippen LogP contribution < -0.4 is 5.32 Å². The number of aryl methyl sites for hydroxylation is 2. The Bertz CT molecular complexity index is 942. The number of pyridine rings is 2. The molecule has 4 rings (SSSR count). The molecular weight excluding hydrogens is 334 g/mol. The van der Waals surface area contributed by atoms with Crippen LogP contribution in [0, 0.1) is 31.1 Å². The molecule has 2 heterocycles. The van der Waals surface area contributed by atoms with Crippen molar-refractivity contribution < 1.29 is 4.79 Å². The molecule has 2 saturated carbocycles. The van der Waals surface area contributed by atoms with Gasteiger partial charge in [0.05, 0.1) is 0 Å². The number of hydrogen-bond acceptors (Lipinski definition) is 3. The smallest absolute Gasteiger partial charge is 0.270 e. The van der Waals surface area contributed by atoms with E-state index in [1.165, 1.54) is 0 Å². The molecule has 0 aromatic carbocycles. The standard InChI is InChI=1S/C23H25N3O/c1-17-6-3-8-19(24-17)10-13-22-11-5-12-23(16-22,15-14-22)26-21(27)20-9-4-7-18(2)25-20/h3-4,6-9H,5,11-12,14-16H2,1-2H3,(H,26,27). The van der Waals surface area contributed by atoms with E-state index in [9.17, 15) is 4.79 Å². The second-order valence-corrected chi connectivity index (χ2v) is 8.12. The number of carbonyl (C=O) groups excluding carboxylic acids is 1. The van der Waals surface area contributed by atoms with E-state index in [-0.39, 0.29) is 16.9 Å². The van der Waals surface area contributed by atoms with Crippen LogP contribution in [-0.2, 0) is 0 Å². The lowest BCUT2D eigenvalue weighted by atomic mass is 9.73. The quantitative estimate of drug-likeness (QED) is 0.826. The molecule has 2 aliphatic rings. The lowest BCUT2D eigenvalue weighted by Crippen LogP contribution is -2.49. The van der Waals surface area contributed by atoms with Gasteiger partial charge in [-0.1, -0.05) is 18.1 Å². The molecule has 2 aromatic rings. The Kier molecular flexibility index (Phi) is 4.47. The molecule has 27 heavy (non-hydrogen) atoms. The van der Waals surface area contributed by atoms with Crippen molar-refractivity contribution in [2.75, 3.05) is 0 Å². The lowest BCUT2D eigenvalue weighted by Gasteiger charge is -2.37. The summed E-state index contributed by atoms with van der Waals surface area (Å²) in [6, 6.07) is 11.5. The number of amides is 1. The zero-order chi connectivity index (χ0) is 18.9. The molecule has 2 aliphatic carbocycles. The van der Waals surface area contributed by atoms with Crippen LogP contribution in [0.2, 0.25) is 0 Å². The minimum absolute atomic E-state index is 0.00299. The number of fused-ring (bicyclic) bond motifs is 2. The van der Waals surface area contributed by atoms with Crippen LogP contribution >= 0.6 is 0 Å². The van der Waals surface area contributed by atoms with Gasteiger partial charge in [0, 0.05) is 22.3 Å². The molecular formula is C23H25N3O. The summed E-state index contributed by atoms with van der Waals surface area (Å²) in [6.45, 7) is 3.89. The lowest BCUT2D eigenvalue weighted by molar-refractivity contribution is 0.0866. The van der Waals surface area contributed by atoms with E-state index in [1.807, 2.05) is 44.2 Å². The Morgan fingerprint density at radius 1 is 1.00 bits per heavy atom. The van der Waals surface area contributed by atoms with E-state index < -0.39 is 0 Å². The number of carbonyl (C=O) groups is 1. The summed E-state index contributed by atoms with van der Waals surface area (Å²) >= 11 is 0. The molecule has 4 nitrogen and oxygen atoms in total. The predicted octanol–water partition coefficient (Wildman–Crippen LogP) is 3.97. The summed E-state index contributed by atoms with van der Waals surface area (Å²) in [4.78, 5) is 21.6. The van der Waals surface area contributed by atoms with E-state index >= 15 is 0 Å². The van der Waals surface area contributed by atoms with Crippen molar-refractivity contribution in [2.45, 2.75) is 57.9 Å². The molecule has 2 bridgehead atoms. The van der Waals surface area contributed by atoms with Gasteiger partial charge in [0.25, 0.3) is 5.91 Å². The minimum atomic E-state index is -0.143. The van der Waals surface area contributed by atoms with E-state index in [0.717, 1.165) is 55.6 Å². The average molecular weight is 359 g/mol. The minimum Gasteiger partial charge on any atom is -0.345 e. The zero-order valence-corrected chi connectivity index (χ0v) is 16.0. The number of aromatic nitrogens is 2. The summed E-state index contributed by atoms with van der Waals surface area (Å²) in [5.41, 5.74) is 3.04. The van der Waals surface area contributed by atoms with Crippen LogP contribution in [-0.4, -0.2) is 21.4 Å². The molecule has 2 fully saturated rings. The van der Waals surface area contributed by atoms with Gasteiger partial charge in [0.15, 0.2) is 0 Å². The molecule has 4 heteroatoms. The second kappa shape index (κ2) is 6.81. The maximum absolute atomic E-state index is 12.7. The van der Waals surface area contributed by atoms with E-state index in [2.05, 4.69) is 27.1 Å². The average Bonchev–Trinajstić information content (AvgIpc) is 2.90. The third-order valence-corrected chi connectivity index (χ3v) is 5.91. The van der Waals surface area contributed by atoms with Gasteiger partial charge < -0.3 is 5.32 Å². The van der Waals surface area contributed by atoms with Gasteiger partial charge in [0.1, 0.15) is 11.4 Å². The maximum atomic E-state index is 12.7. The molecule has 1 N–H and O–H groups in total. The normalized spacial score (nSPS) is 26.1. The van der Waals surface area contributed by atoms with Crippen LogP contribution in [0.1, 0.15) is 66.1 Å². The number of nitrogens with zero attached hydrogens (tertiary/aromatic N) is 2. The summed E-state index contributed by atoms with van der Waals surface area (Å²) in [5.74, 6) is 6.77. The predicted molar refractivity (Wildman–Crippen MR) is 105 cm³/mol. The van der Waals surface area contributed by atoms with Crippen LogP contribution in [0.25, 0.3) is 0 Å². The van der Waals surface area contributed by atoms with Gasteiger partial charge in [-0.2, -0.15) is 0 Å². The Balaban J connectivity index is 1.52. The van der Waals surface area contributed by atoms with Crippen molar-refractivity contribution in [2.24, 2.45) is 5.41 Å². The SMILES string of the molecule is Cc1cccc(C#CC23CCCC(NC(=O)c4cccc(C)n4)(CC2)C3)n1. The zero-order valence-electron chi connectivity index (χ0n) is 16.0. The highest BCUT2D eigenvalue weighted by molar-refractivity contribution is 5.92. The summed E-state index contributed by atoms with van der Waals surface area (Å²) < 4.78 is 0. The van der Waals surface area contributed by atoms with Gasteiger partial charge in [-0.05, 0) is 82.6 Å².